The first-order valence-corrected chi connectivity index (χ1v) is 8.47. The minimum atomic E-state index is -0.391. The van der Waals surface area contributed by atoms with Gasteiger partial charge in [0.2, 0.25) is 0 Å². The van der Waals surface area contributed by atoms with Crippen LogP contribution in [0.1, 0.15) is 24.8 Å². The van der Waals surface area contributed by atoms with E-state index < -0.39 is 6.10 Å². The molecule has 122 valence electrons. The van der Waals surface area contributed by atoms with Crippen LogP contribution in [0.5, 0.6) is 5.75 Å². The molecule has 2 fully saturated rings. The van der Waals surface area contributed by atoms with Gasteiger partial charge >= 0.3 is 0 Å². The molecule has 0 amide bonds. The van der Waals surface area contributed by atoms with E-state index in [0.29, 0.717) is 0 Å². The maximum atomic E-state index is 10.8. The van der Waals surface area contributed by atoms with E-state index in [2.05, 4.69) is 29.8 Å². The summed E-state index contributed by atoms with van der Waals surface area (Å²) in [5.74, 6) is 0.878. The maximum absolute atomic E-state index is 10.8. The molecule has 4 nitrogen and oxygen atoms in total. The average Bonchev–Trinajstić information content (AvgIpc) is 2.51. The van der Waals surface area contributed by atoms with Gasteiger partial charge in [-0.2, -0.15) is 0 Å². The Morgan fingerprint density at radius 3 is 2.64 bits per heavy atom. The molecule has 1 saturated carbocycles. The highest BCUT2D eigenvalue weighted by molar-refractivity contribution is 5.27. The SMILES string of the molecule is Cc1cccc(O[C@@H]2CCC[C@H](N3CCN(C)CC3)[C@H]2O)c1. The quantitative estimate of drug-likeness (QED) is 0.925. The van der Waals surface area contributed by atoms with Crippen molar-refractivity contribution >= 4 is 0 Å². The molecule has 0 bridgehead atoms. The Bertz CT molecular complexity index is 486. The fraction of sp³-hybridized carbons (Fsp3) is 0.667. The van der Waals surface area contributed by atoms with Gasteiger partial charge in [0.05, 0.1) is 0 Å². The number of aryl methyl sites for hydroxylation is 1. The monoisotopic (exact) mass is 304 g/mol. The lowest BCUT2D eigenvalue weighted by atomic mass is 9.88. The number of hydrogen-bond acceptors (Lipinski definition) is 4. The van der Waals surface area contributed by atoms with E-state index in [1.165, 1.54) is 5.56 Å². The van der Waals surface area contributed by atoms with E-state index in [9.17, 15) is 5.11 Å². The lowest BCUT2D eigenvalue weighted by Gasteiger charge is -2.44. The van der Waals surface area contributed by atoms with Gasteiger partial charge < -0.3 is 14.7 Å². The van der Waals surface area contributed by atoms with Crippen molar-refractivity contribution in [1.29, 1.82) is 0 Å². The Kier molecular flexibility index (Phi) is 5.01. The lowest BCUT2D eigenvalue weighted by Crippen LogP contribution is -2.57. The number of aliphatic hydroxyl groups excluding tert-OH is 1. The van der Waals surface area contributed by atoms with Crippen molar-refractivity contribution in [1.82, 2.24) is 9.80 Å². The van der Waals surface area contributed by atoms with Gasteiger partial charge in [-0.25, -0.2) is 0 Å². The topological polar surface area (TPSA) is 35.9 Å². The summed E-state index contributed by atoms with van der Waals surface area (Å²) in [6.07, 6.45) is 2.68. The molecular formula is C18H28N2O2. The van der Waals surface area contributed by atoms with Gasteiger partial charge in [-0.15, -0.1) is 0 Å². The largest absolute Gasteiger partial charge is 0.488 e. The summed E-state index contributed by atoms with van der Waals surface area (Å²) in [4.78, 5) is 4.81. The molecule has 1 heterocycles. The Labute approximate surface area is 133 Å². The maximum Gasteiger partial charge on any atom is 0.126 e. The van der Waals surface area contributed by atoms with E-state index >= 15 is 0 Å². The first kappa shape index (κ1) is 15.8. The zero-order chi connectivity index (χ0) is 15.5. The van der Waals surface area contributed by atoms with Crippen LogP contribution >= 0.6 is 0 Å². The molecule has 0 radical (unpaired) electrons. The predicted molar refractivity (Wildman–Crippen MR) is 88.3 cm³/mol. The van der Waals surface area contributed by atoms with Crippen LogP contribution in [0.3, 0.4) is 0 Å². The Hall–Kier alpha value is -1.10. The van der Waals surface area contributed by atoms with Gasteiger partial charge in [0.15, 0.2) is 0 Å². The zero-order valence-corrected chi connectivity index (χ0v) is 13.7. The number of benzene rings is 1. The van der Waals surface area contributed by atoms with Crippen LogP contribution in [0.4, 0.5) is 0 Å². The summed E-state index contributed by atoms with van der Waals surface area (Å²) in [7, 11) is 2.16. The van der Waals surface area contributed by atoms with Crippen molar-refractivity contribution in [2.24, 2.45) is 0 Å². The van der Waals surface area contributed by atoms with Crippen molar-refractivity contribution in [2.75, 3.05) is 33.2 Å². The molecule has 22 heavy (non-hydrogen) atoms. The number of likely N-dealkylation sites (N-methyl/N-ethyl adjacent to an activating group) is 1. The summed E-state index contributed by atoms with van der Waals surface area (Å²) in [5, 5.41) is 10.8. The highest BCUT2D eigenvalue weighted by Crippen LogP contribution is 2.28. The van der Waals surface area contributed by atoms with Crippen molar-refractivity contribution in [2.45, 2.75) is 44.4 Å². The second-order valence-corrected chi connectivity index (χ2v) is 6.80. The Balaban J connectivity index is 1.63. The van der Waals surface area contributed by atoms with Gasteiger partial charge in [0.1, 0.15) is 18.0 Å². The van der Waals surface area contributed by atoms with E-state index in [4.69, 9.17) is 4.74 Å². The van der Waals surface area contributed by atoms with Crippen molar-refractivity contribution in [3.05, 3.63) is 29.8 Å². The number of rotatable bonds is 3. The molecule has 1 N–H and O–H groups in total. The minimum Gasteiger partial charge on any atom is -0.488 e. The summed E-state index contributed by atoms with van der Waals surface area (Å²) in [6, 6.07) is 8.36. The molecule has 3 atom stereocenters. The highest BCUT2D eigenvalue weighted by atomic mass is 16.5. The summed E-state index contributed by atoms with van der Waals surface area (Å²) in [5.41, 5.74) is 1.19. The standard InChI is InChI=1S/C18H28N2O2/c1-14-5-3-6-15(13-14)22-17-8-4-7-16(18(17)21)20-11-9-19(2)10-12-20/h3,5-6,13,16-18,21H,4,7-12H2,1-2H3/t16-,17+,18+/m0/s1. The first-order chi connectivity index (χ1) is 10.6. The lowest BCUT2D eigenvalue weighted by molar-refractivity contribution is -0.0618. The summed E-state index contributed by atoms with van der Waals surface area (Å²) < 4.78 is 6.10. The molecule has 1 aliphatic carbocycles. The molecule has 3 rings (SSSR count). The second kappa shape index (κ2) is 6.99. The van der Waals surface area contributed by atoms with Crippen LogP contribution < -0.4 is 4.74 Å². The average molecular weight is 304 g/mol. The van der Waals surface area contributed by atoms with Crippen LogP contribution in [-0.4, -0.2) is 66.4 Å². The molecule has 1 aromatic rings. The minimum absolute atomic E-state index is 0.0831. The number of aliphatic hydroxyl groups is 1. The third kappa shape index (κ3) is 3.62. The number of piperazine rings is 1. The summed E-state index contributed by atoms with van der Waals surface area (Å²) >= 11 is 0. The van der Waals surface area contributed by atoms with Crippen LogP contribution in [0.15, 0.2) is 24.3 Å². The van der Waals surface area contributed by atoms with Crippen LogP contribution in [0, 0.1) is 6.92 Å². The van der Waals surface area contributed by atoms with Crippen molar-refractivity contribution < 1.29 is 9.84 Å². The number of ether oxygens (including phenoxy) is 1. The second-order valence-electron chi connectivity index (χ2n) is 6.80. The third-order valence-corrected chi connectivity index (χ3v) is 5.05. The van der Waals surface area contributed by atoms with Gasteiger partial charge in [0, 0.05) is 32.2 Å². The smallest absolute Gasteiger partial charge is 0.126 e. The van der Waals surface area contributed by atoms with Gasteiger partial charge in [-0.3, -0.25) is 4.90 Å². The summed E-state index contributed by atoms with van der Waals surface area (Å²) in [6.45, 7) is 6.35. The fourth-order valence-electron chi connectivity index (χ4n) is 3.66. The van der Waals surface area contributed by atoms with Crippen molar-refractivity contribution in [3.63, 3.8) is 0 Å². The predicted octanol–water partition coefficient (Wildman–Crippen LogP) is 1.90. The van der Waals surface area contributed by atoms with Gasteiger partial charge in [-0.1, -0.05) is 12.1 Å². The van der Waals surface area contributed by atoms with E-state index in [1.54, 1.807) is 0 Å². The number of hydrogen-bond donors (Lipinski definition) is 1. The van der Waals surface area contributed by atoms with Gasteiger partial charge in [-0.05, 0) is 50.9 Å². The van der Waals surface area contributed by atoms with E-state index in [1.807, 2.05) is 18.2 Å². The van der Waals surface area contributed by atoms with E-state index in [0.717, 1.165) is 51.2 Å². The first-order valence-electron chi connectivity index (χ1n) is 8.47. The molecule has 0 spiro atoms. The van der Waals surface area contributed by atoms with Crippen molar-refractivity contribution in [3.8, 4) is 5.75 Å². The molecular weight excluding hydrogens is 276 g/mol. The van der Waals surface area contributed by atoms with Crippen LogP contribution in [0.2, 0.25) is 0 Å². The molecule has 2 aliphatic rings. The van der Waals surface area contributed by atoms with E-state index in [-0.39, 0.29) is 12.1 Å². The molecule has 4 heteroatoms. The van der Waals surface area contributed by atoms with Crippen LogP contribution in [-0.2, 0) is 0 Å². The molecule has 1 aliphatic heterocycles. The van der Waals surface area contributed by atoms with Gasteiger partial charge in [0.25, 0.3) is 0 Å². The normalized spacial score (nSPS) is 31.1. The fourth-order valence-corrected chi connectivity index (χ4v) is 3.66. The zero-order valence-electron chi connectivity index (χ0n) is 13.7. The Morgan fingerprint density at radius 1 is 1.14 bits per heavy atom. The highest BCUT2D eigenvalue weighted by Gasteiger charge is 2.37. The van der Waals surface area contributed by atoms with Crippen LogP contribution in [0.25, 0.3) is 0 Å². The molecule has 1 aromatic carbocycles. The third-order valence-electron chi connectivity index (χ3n) is 5.05. The molecule has 0 unspecified atom stereocenters. The molecule has 0 aromatic heterocycles. The molecule has 1 saturated heterocycles. The Morgan fingerprint density at radius 2 is 1.91 bits per heavy atom. The number of nitrogens with zero attached hydrogens (tertiary/aromatic N) is 2.